The zero-order valence-electron chi connectivity index (χ0n) is 15.4. The van der Waals surface area contributed by atoms with Crippen molar-refractivity contribution in [2.24, 2.45) is 0 Å². The molecule has 0 saturated heterocycles. The lowest BCUT2D eigenvalue weighted by Crippen LogP contribution is -2.34. The number of hydrogen-bond donors (Lipinski definition) is 1. The van der Waals surface area contributed by atoms with Crippen LogP contribution in [0.15, 0.2) is 47.4 Å². The maximum absolute atomic E-state index is 13.2. The molecule has 1 N–H and O–H groups in total. The monoisotopic (exact) mass is 426 g/mol. The fourth-order valence-electron chi connectivity index (χ4n) is 2.44. The van der Waals surface area contributed by atoms with Gasteiger partial charge in [0.2, 0.25) is 11.1 Å². The number of carbonyl (C=O) groups excluding carboxylic acids is 2. The van der Waals surface area contributed by atoms with Crippen molar-refractivity contribution in [3.63, 3.8) is 0 Å². The molecule has 28 heavy (non-hydrogen) atoms. The normalized spacial score (nSPS) is 10.9. The molecule has 0 saturated carbocycles. The molecule has 0 heterocycles. The lowest BCUT2D eigenvalue weighted by molar-refractivity contribution is -0.114. The quantitative estimate of drug-likeness (QED) is 0.651. The van der Waals surface area contributed by atoms with Gasteiger partial charge in [-0.25, -0.2) is 8.42 Å². The summed E-state index contributed by atoms with van der Waals surface area (Å²) in [5.74, 6) is 0.308. The zero-order valence-corrected chi connectivity index (χ0v) is 17.0. The van der Waals surface area contributed by atoms with Crippen LogP contribution in [0.1, 0.15) is 6.92 Å². The summed E-state index contributed by atoms with van der Waals surface area (Å²) in [6, 6.07) is 10.1. The van der Waals surface area contributed by atoms with Crippen molar-refractivity contribution >= 4 is 44.1 Å². The first kappa shape index (κ1) is 21.5. The van der Waals surface area contributed by atoms with Gasteiger partial charge in [0.25, 0.3) is 10.0 Å². The third-order valence-electron chi connectivity index (χ3n) is 3.69. The molecule has 10 heteroatoms. The van der Waals surface area contributed by atoms with Crippen LogP contribution in [-0.2, 0) is 19.6 Å². The molecule has 0 atom stereocenters. The molecule has 0 aromatic heterocycles. The van der Waals surface area contributed by atoms with Crippen LogP contribution in [0.2, 0.25) is 0 Å². The van der Waals surface area contributed by atoms with Gasteiger partial charge >= 0.3 is 0 Å². The Bertz CT molecular complexity index is 976. The van der Waals surface area contributed by atoms with Gasteiger partial charge in [-0.1, -0.05) is 0 Å². The molecule has 8 nitrogen and oxygen atoms in total. The molecular formula is C18H19ClN2O6S. The first-order chi connectivity index (χ1) is 13.2. The van der Waals surface area contributed by atoms with E-state index in [0.29, 0.717) is 11.4 Å². The average Bonchev–Trinajstić information content (AvgIpc) is 2.65. The summed E-state index contributed by atoms with van der Waals surface area (Å²) in [4.78, 5) is 22.6. The van der Waals surface area contributed by atoms with E-state index in [4.69, 9.17) is 21.1 Å². The molecule has 0 aliphatic rings. The number of methoxy groups -OCH3 is 2. The predicted octanol–water partition coefficient (Wildman–Crippen LogP) is 2.62. The van der Waals surface area contributed by atoms with Gasteiger partial charge in [0, 0.05) is 18.7 Å². The summed E-state index contributed by atoms with van der Waals surface area (Å²) < 4.78 is 37.6. The van der Waals surface area contributed by atoms with Crippen LogP contribution >= 0.6 is 11.6 Å². The highest BCUT2D eigenvalue weighted by Gasteiger charge is 2.29. The van der Waals surface area contributed by atoms with Crippen molar-refractivity contribution in [2.45, 2.75) is 11.8 Å². The highest BCUT2D eigenvalue weighted by molar-refractivity contribution is 7.92. The number of carbonyl (C=O) groups is 2. The van der Waals surface area contributed by atoms with Crippen molar-refractivity contribution in [2.75, 3.05) is 30.4 Å². The average molecular weight is 427 g/mol. The van der Waals surface area contributed by atoms with E-state index in [-0.39, 0.29) is 22.2 Å². The lowest BCUT2D eigenvalue weighted by atomic mass is 10.2. The first-order valence-corrected chi connectivity index (χ1v) is 9.81. The number of halogens is 1. The summed E-state index contributed by atoms with van der Waals surface area (Å²) in [7, 11) is -1.37. The first-order valence-electron chi connectivity index (χ1n) is 7.99. The minimum absolute atomic E-state index is 0.0932. The Hall–Kier alpha value is -2.78. The van der Waals surface area contributed by atoms with Gasteiger partial charge < -0.3 is 14.8 Å². The molecule has 2 rings (SSSR count). The number of nitrogens with zero attached hydrogens (tertiary/aromatic N) is 1. The van der Waals surface area contributed by atoms with E-state index in [0.717, 1.165) is 4.31 Å². The van der Waals surface area contributed by atoms with Crippen LogP contribution in [0.25, 0.3) is 0 Å². The van der Waals surface area contributed by atoms with Gasteiger partial charge in [0.05, 0.1) is 24.8 Å². The Morgan fingerprint density at radius 2 is 1.71 bits per heavy atom. The summed E-state index contributed by atoms with van der Waals surface area (Å²) in [6.45, 7) is 0.731. The van der Waals surface area contributed by atoms with Crippen LogP contribution in [0, 0.1) is 0 Å². The third kappa shape index (κ3) is 4.93. The van der Waals surface area contributed by atoms with Crippen molar-refractivity contribution in [3.05, 3.63) is 42.5 Å². The largest absolute Gasteiger partial charge is 0.497 e. The Morgan fingerprint density at radius 1 is 1.07 bits per heavy atom. The highest BCUT2D eigenvalue weighted by atomic mass is 35.5. The number of ether oxygens (including phenoxy) is 2. The molecule has 1 amide bonds. The fourth-order valence-corrected chi connectivity index (χ4v) is 4.06. The summed E-state index contributed by atoms with van der Waals surface area (Å²) >= 11 is 5.50. The number of anilines is 2. The standard InChI is InChI=1S/C18H19ClN2O6S/c1-12(22)20-13-4-7-15(8-5-13)28(24,25)21(11-18(19)23)16-10-14(26-2)6-9-17(16)27-3/h4-10H,11H2,1-3H3,(H,20,22). The predicted molar refractivity (Wildman–Crippen MR) is 106 cm³/mol. The molecule has 150 valence electrons. The molecule has 0 bridgehead atoms. The van der Waals surface area contributed by atoms with E-state index < -0.39 is 21.8 Å². The van der Waals surface area contributed by atoms with E-state index in [9.17, 15) is 18.0 Å². The summed E-state index contributed by atoms with van der Waals surface area (Å²) in [5.41, 5.74) is 0.534. The molecule has 0 aliphatic heterocycles. The Balaban J connectivity index is 2.55. The van der Waals surface area contributed by atoms with E-state index in [2.05, 4.69) is 5.32 Å². The summed E-state index contributed by atoms with van der Waals surface area (Å²) in [5, 5.41) is 1.68. The molecule has 0 spiro atoms. The molecule has 2 aromatic rings. The second-order valence-corrected chi connectivity index (χ2v) is 7.89. The molecule has 0 radical (unpaired) electrons. The Kier molecular flexibility index (Phi) is 6.87. The smallest absolute Gasteiger partial charge is 0.264 e. The topological polar surface area (TPSA) is 102 Å². The molecule has 0 aliphatic carbocycles. The zero-order chi connectivity index (χ0) is 20.9. The Labute approximate surface area is 168 Å². The van der Waals surface area contributed by atoms with Gasteiger partial charge in [0.1, 0.15) is 18.0 Å². The molecule has 0 unspecified atom stereocenters. The van der Waals surface area contributed by atoms with Crippen LogP contribution in [0.3, 0.4) is 0 Å². The second-order valence-electron chi connectivity index (χ2n) is 5.61. The number of sulfonamides is 1. The Morgan fingerprint density at radius 3 is 2.21 bits per heavy atom. The molecule has 2 aromatic carbocycles. The van der Waals surface area contributed by atoms with Gasteiger partial charge in [0.15, 0.2) is 0 Å². The van der Waals surface area contributed by atoms with E-state index in [1.54, 1.807) is 6.07 Å². The molecular weight excluding hydrogens is 408 g/mol. The van der Waals surface area contributed by atoms with Gasteiger partial charge in [-0.2, -0.15) is 0 Å². The summed E-state index contributed by atoms with van der Waals surface area (Å²) in [6.07, 6.45) is 0. The number of amides is 1. The van der Waals surface area contributed by atoms with Crippen molar-refractivity contribution in [3.8, 4) is 11.5 Å². The van der Waals surface area contributed by atoms with Crippen LogP contribution in [-0.4, -0.2) is 40.3 Å². The number of rotatable bonds is 8. The van der Waals surface area contributed by atoms with E-state index >= 15 is 0 Å². The van der Waals surface area contributed by atoms with Gasteiger partial charge in [-0.15, -0.1) is 0 Å². The van der Waals surface area contributed by atoms with Gasteiger partial charge in [-0.3, -0.25) is 13.9 Å². The maximum Gasteiger partial charge on any atom is 0.264 e. The second kappa shape index (κ2) is 8.94. The minimum Gasteiger partial charge on any atom is -0.497 e. The van der Waals surface area contributed by atoms with Crippen LogP contribution < -0.4 is 19.1 Å². The highest BCUT2D eigenvalue weighted by Crippen LogP contribution is 2.35. The SMILES string of the molecule is COc1ccc(OC)c(N(CC(=O)Cl)S(=O)(=O)c2ccc(NC(C)=O)cc2)c1. The number of hydrogen-bond acceptors (Lipinski definition) is 6. The fraction of sp³-hybridized carbons (Fsp3) is 0.222. The molecule has 0 fully saturated rings. The van der Waals surface area contributed by atoms with Crippen LogP contribution in [0.4, 0.5) is 11.4 Å². The number of benzene rings is 2. The number of nitrogens with one attached hydrogen (secondary N) is 1. The van der Waals surface area contributed by atoms with Crippen molar-refractivity contribution < 1.29 is 27.5 Å². The van der Waals surface area contributed by atoms with Gasteiger partial charge in [-0.05, 0) is 48.0 Å². The van der Waals surface area contributed by atoms with Crippen LogP contribution in [0.5, 0.6) is 11.5 Å². The lowest BCUT2D eigenvalue weighted by Gasteiger charge is -2.25. The van der Waals surface area contributed by atoms with E-state index in [1.165, 1.54) is 57.5 Å². The minimum atomic E-state index is -4.17. The van der Waals surface area contributed by atoms with Crippen molar-refractivity contribution in [1.82, 2.24) is 0 Å². The van der Waals surface area contributed by atoms with E-state index in [1.807, 2.05) is 0 Å². The van der Waals surface area contributed by atoms with Crippen molar-refractivity contribution in [1.29, 1.82) is 0 Å². The third-order valence-corrected chi connectivity index (χ3v) is 5.58. The maximum atomic E-state index is 13.2.